The van der Waals surface area contributed by atoms with E-state index in [1.807, 2.05) is 30.3 Å². The lowest BCUT2D eigenvalue weighted by molar-refractivity contribution is 0.601. The summed E-state index contributed by atoms with van der Waals surface area (Å²) in [6, 6.07) is 9.40. The Labute approximate surface area is 99.5 Å². The highest BCUT2D eigenvalue weighted by Gasteiger charge is 2.07. The summed E-state index contributed by atoms with van der Waals surface area (Å²) in [6.45, 7) is 0. The number of nitrogens with zero attached hydrogens (tertiary/aromatic N) is 2. The molecule has 17 heavy (non-hydrogen) atoms. The minimum atomic E-state index is -3.25. The first-order valence-corrected chi connectivity index (χ1v) is 6.79. The van der Waals surface area contributed by atoms with Crippen LogP contribution in [0.3, 0.4) is 0 Å². The molecule has 0 unspecified atom stereocenters. The van der Waals surface area contributed by atoms with Gasteiger partial charge in [0.2, 0.25) is 5.95 Å². The summed E-state index contributed by atoms with van der Waals surface area (Å²) in [5, 5.41) is 2.97. The van der Waals surface area contributed by atoms with Gasteiger partial charge in [-0.05, 0) is 12.1 Å². The van der Waals surface area contributed by atoms with Crippen LogP contribution in [0.15, 0.2) is 47.6 Å². The van der Waals surface area contributed by atoms with E-state index in [0.29, 0.717) is 5.95 Å². The van der Waals surface area contributed by atoms with Crippen molar-refractivity contribution in [3.63, 3.8) is 0 Å². The highest BCUT2D eigenvalue weighted by atomic mass is 32.2. The van der Waals surface area contributed by atoms with Crippen LogP contribution in [0, 0.1) is 0 Å². The van der Waals surface area contributed by atoms with Crippen molar-refractivity contribution < 1.29 is 8.42 Å². The lowest BCUT2D eigenvalue weighted by Gasteiger charge is -2.04. The van der Waals surface area contributed by atoms with Crippen molar-refractivity contribution in [2.24, 2.45) is 0 Å². The smallest absolute Gasteiger partial charge is 0.227 e. The minimum Gasteiger partial charge on any atom is -0.324 e. The van der Waals surface area contributed by atoms with Crippen LogP contribution in [0.2, 0.25) is 0 Å². The summed E-state index contributed by atoms with van der Waals surface area (Å²) in [5.41, 5.74) is 0.847. The van der Waals surface area contributed by atoms with Gasteiger partial charge >= 0.3 is 0 Å². The molecular weight excluding hydrogens is 238 g/mol. The van der Waals surface area contributed by atoms with E-state index < -0.39 is 9.84 Å². The van der Waals surface area contributed by atoms with Gasteiger partial charge in [0.25, 0.3) is 0 Å². The summed E-state index contributed by atoms with van der Waals surface area (Å²) in [7, 11) is -3.25. The number of sulfone groups is 1. The number of benzene rings is 1. The monoisotopic (exact) mass is 249 g/mol. The standard InChI is InChI=1S/C11H11N3O2S/c1-17(15,16)10-7-12-11(13-8-10)14-9-5-3-2-4-6-9/h2-8H,1H3,(H,12,13,14). The van der Waals surface area contributed by atoms with Gasteiger partial charge in [0, 0.05) is 11.9 Å². The maximum atomic E-state index is 11.2. The van der Waals surface area contributed by atoms with E-state index in [0.717, 1.165) is 11.9 Å². The fourth-order valence-electron chi connectivity index (χ4n) is 1.22. The van der Waals surface area contributed by atoms with E-state index >= 15 is 0 Å². The van der Waals surface area contributed by atoms with Gasteiger partial charge in [-0.3, -0.25) is 0 Å². The van der Waals surface area contributed by atoms with Crippen LogP contribution >= 0.6 is 0 Å². The topological polar surface area (TPSA) is 72.0 Å². The summed E-state index contributed by atoms with van der Waals surface area (Å²) in [6.07, 6.45) is 3.69. The van der Waals surface area contributed by atoms with Gasteiger partial charge < -0.3 is 5.32 Å². The zero-order valence-corrected chi connectivity index (χ0v) is 9.98. The van der Waals surface area contributed by atoms with Crippen molar-refractivity contribution in [3.8, 4) is 0 Å². The largest absolute Gasteiger partial charge is 0.324 e. The van der Waals surface area contributed by atoms with Crippen molar-refractivity contribution in [2.75, 3.05) is 11.6 Å². The first-order valence-electron chi connectivity index (χ1n) is 4.90. The number of hydrogen-bond acceptors (Lipinski definition) is 5. The number of aromatic nitrogens is 2. The molecule has 0 atom stereocenters. The Bertz CT molecular complexity index is 594. The summed E-state index contributed by atoms with van der Waals surface area (Å²) in [4.78, 5) is 7.99. The molecule has 2 aromatic rings. The second kappa shape index (κ2) is 4.50. The quantitative estimate of drug-likeness (QED) is 0.895. The van der Waals surface area contributed by atoms with Crippen LogP contribution in [0.1, 0.15) is 0 Å². The van der Waals surface area contributed by atoms with E-state index in [2.05, 4.69) is 15.3 Å². The fourth-order valence-corrected chi connectivity index (χ4v) is 1.71. The molecule has 0 saturated carbocycles. The number of para-hydroxylation sites is 1. The van der Waals surface area contributed by atoms with E-state index in [1.54, 1.807) is 0 Å². The molecule has 0 aliphatic carbocycles. The van der Waals surface area contributed by atoms with Gasteiger partial charge in [-0.15, -0.1) is 0 Å². The zero-order valence-electron chi connectivity index (χ0n) is 9.16. The fraction of sp³-hybridized carbons (Fsp3) is 0.0909. The molecule has 0 amide bonds. The Balaban J connectivity index is 2.20. The normalized spacial score (nSPS) is 11.1. The highest BCUT2D eigenvalue weighted by molar-refractivity contribution is 7.90. The van der Waals surface area contributed by atoms with Crippen molar-refractivity contribution in [1.29, 1.82) is 0 Å². The Morgan fingerprint density at radius 3 is 2.18 bits per heavy atom. The van der Waals surface area contributed by atoms with Gasteiger partial charge in [0.15, 0.2) is 9.84 Å². The van der Waals surface area contributed by atoms with E-state index in [1.165, 1.54) is 12.4 Å². The summed E-state index contributed by atoms with van der Waals surface area (Å²) < 4.78 is 22.4. The van der Waals surface area contributed by atoms with Crippen molar-refractivity contribution in [3.05, 3.63) is 42.7 Å². The third kappa shape index (κ3) is 3.01. The molecule has 0 aliphatic rings. The predicted molar refractivity (Wildman–Crippen MR) is 64.9 cm³/mol. The van der Waals surface area contributed by atoms with Crippen LogP contribution < -0.4 is 5.32 Å². The van der Waals surface area contributed by atoms with Crippen molar-refractivity contribution in [1.82, 2.24) is 9.97 Å². The lowest BCUT2D eigenvalue weighted by atomic mass is 10.3. The molecular formula is C11H11N3O2S. The van der Waals surface area contributed by atoms with E-state index in [4.69, 9.17) is 0 Å². The van der Waals surface area contributed by atoms with Gasteiger partial charge in [0.05, 0.1) is 12.4 Å². The van der Waals surface area contributed by atoms with E-state index in [9.17, 15) is 8.42 Å². The molecule has 1 aromatic heterocycles. The van der Waals surface area contributed by atoms with Crippen LogP contribution in [0.5, 0.6) is 0 Å². The van der Waals surface area contributed by atoms with Gasteiger partial charge in [-0.25, -0.2) is 18.4 Å². The number of hydrogen-bond donors (Lipinski definition) is 1. The first kappa shape index (κ1) is 11.5. The van der Waals surface area contributed by atoms with Crippen LogP contribution in [-0.2, 0) is 9.84 Å². The molecule has 88 valence electrons. The zero-order chi connectivity index (χ0) is 12.3. The summed E-state index contributed by atoms with van der Waals surface area (Å²) >= 11 is 0. The lowest BCUT2D eigenvalue weighted by Crippen LogP contribution is -2.02. The third-order valence-electron chi connectivity index (χ3n) is 2.09. The highest BCUT2D eigenvalue weighted by Crippen LogP contribution is 2.12. The van der Waals surface area contributed by atoms with Gasteiger partial charge in [-0.1, -0.05) is 18.2 Å². The molecule has 5 nitrogen and oxygen atoms in total. The number of rotatable bonds is 3. The van der Waals surface area contributed by atoms with Gasteiger partial charge in [0.1, 0.15) is 4.90 Å². The second-order valence-corrected chi connectivity index (χ2v) is 5.52. The molecule has 1 heterocycles. The average molecular weight is 249 g/mol. The van der Waals surface area contributed by atoms with Crippen LogP contribution in [-0.4, -0.2) is 24.6 Å². The molecule has 2 rings (SSSR count). The first-order chi connectivity index (χ1) is 8.05. The van der Waals surface area contributed by atoms with Crippen molar-refractivity contribution in [2.45, 2.75) is 4.90 Å². The molecule has 0 saturated heterocycles. The molecule has 1 N–H and O–H groups in total. The molecule has 1 aromatic carbocycles. The molecule has 0 spiro atoms. The van der Waals surface area contributed by atoms with Crippen LogP contribution in [0.25, 0.3) is 0 Å². The van der Waals surface area contributed by atoms with Crippen molar-refractivity contribution >= 4 is 21.5 Å². The summed E-state index contributed by atoms with van der Waals surface area (Å²) in [5.74, 6) is 0.364. The predicted octanol–water partition coefficient (Wildman–Crippen LogP) is 1.62. The van der Waals surface area contributed by atoms with Crippen LogP contribution in [0.4, 0.5) is 11.6 Å². The maximum absolute atomic E-state index is 11.2. The molecule has 0 fully saturated rings. The number of anilines is 2. The number of nitrogens with one attached hydrogen (secondary N) is 1. The molecule has 0 bridgehead atoms. The van der Waals surface area contributed by atoms with E-state index in [-0.39, 0.29) is 4.90 Å². The Morgan fingerprint density at radius 2 is 1.65 bits per heavy atom. The van der Waals surface area contributed by atoms with Gasteiger partial charge in [-0.2, -0.15) is 0 Å². The Kier molecular flexibility index (Phi) is 3.06. The maximum Gasteiger partial charge on any atom is 0.227 e. The average Bonchev–Trinajstić information content (AvgIpc) is 2.30. The molecule has 6 heteroatoms. The Morgan fingerprint density at radius 1 is 1.06 bits per heavy atom. The Hall–Kier alpha value is -1.95. The second-order valence-electron chi connectivity index (χ2n) is 3.51. The molecule has 0 aliphatic heterocycles. The SMILES string of the molecule is CS(=O)(=O)c1cnc(Nc2ccccc2)nc1. The molecule has 0 radical (unpaired) electrons. The third-order valence-corrected chi connectivity index (χ3v) is 3.15. The minimum absolute atomic E-state index is 0.108.